The summed E-state index contributed by atoms with van der Waals surface area (Å²) in [4.78, 5) is 4.34. The number of pyridine rings is 1. The second kappa shape index (κ2) is 6.07. The van der Waals surface area contributed by atoms with Gasteiger partial charge in [-0.15, -0.1) is 0 Å². The highest BCUT2D eigenvalue weighted by Gasteiger charge is 2.08. The molecule has 0 bridgehead atoms. The first-order valence-corrected chi connectivity index (χ1v) is 6.62. The fraction of sp³-hybridized carbons (Fsp3) is 0.214. The lowest BCUT2D eigenvalue weighted by Gasteiger charge is -2.08. The molecule has 4 heteroatoms. The SMILES string of the molecule is CCCNc1ccnc(-c2cccc(Cl)c2Cl)c1. The van der Waals surface area contributed by atoms with Gasteiger partial charge >= 0.3 is 0 Å². The smallest absolute Gasteiger partial charge is 0.0738 e. The van der Waals surface area contributed by atoms with Crippen LogP contribution in [0.3, 0.4) is 0 Å². The van der Waals surface area contributed by atoms with Crippen LogP contribution in [0.2, 0.25) is 10.0 Å². The molecule has 0 fully saturated rings. The largest absolute Gasteiger partial charge is 0.385 e. The van der Waals surface area contributed by atoms with Gasteiger partial charge in [-0.3, -0.25) is 4.98 Å². The molecule has 1 aromatic heterocycles. The highest BCUT2D eigenvalue weighted by Crippen LogP contribution is 2.33. The van der Waals surface area contributed by atoms with Crippen LogP contribution in [0, 0.1) is 0 Å². The van der Waals surface area contributed by atoms with Gasteiger partial charge in [-0.2, -0.15) is 0 Å². The molecule has 0 aliphatic carbocycles. The van der Waals surface area contributed by atoms with E-state index in [2.05, 4.69) is 17.2 Å². The molecule has 1 aromatic carbocycles. The molecule has 0 atom stereocenters. The monoisotopic (exact) mass is 280 g/mol. The molecule has 0 saturated heterocycles. The molecule has 0 aliphatic heterocycles. The maximum atomic E-state index is 6.19. The Hall–Kier alpha value is -1.25. The zero-order valence-corrected chi connectivity index (χ0v) is 11.6. The van der Waals surface area contributed by atoms with Crippen LogP contribution in [-0.2, 0) is 0 Å². The van der Waals surface area contributed by atoms with Gasteiger partial charge in [0.2, 0.25) is 0 Å². The zero-order chi connectivity index (χ0) is 13.0. The Balaban J connectivity index is 2.35. The highest BCUT2D eigenvalue weighted by atomic mass is 35.5. The lowest BCUT2D eigenvalue weighted by atomic mass is 10.1. The number of aromatic nitrogens is 1. The maximum Gasteiger partial charge on any atom is 0.0738 e. The van der Waals surface area contributed by atoms with Crippen LogP contribution in [0.25, 0.3) is 11.3 Å². The summed E-state index contributed by atoms with van der Waals surface area (Å²) < 4.78 is 0. The molecule has 2 nitrogen and oxygen atoms in total. The Morgan fingerprint density at radius 3 is 2.83 bits per heavy atom. The van der Waals surface area contributed by atoms with Crippen LogP contribution in [0.4, 0.5) is 5.69 Å². The van der Waals surface area contributed by atoms with Crippen LogP contribution in [0.1, 0.15) is 13.3 Å². The molecule has 0 spiro atoms. The first kappa shape index (κ1) is 13.2. The Kier molecular flexibility index (Phi) is 4.45. The van der Waals surface area contributed by atoms with Crippen molar-refractivity contribution in [3.05, 3.63) is 46.6 Å². The molecular weight excluding hydrogens is 267 g/mol. The van der Waals surface area contributed by atoms with Crippen molar-refractivity contribution < 1.29 is 0 Å². The Bertz CT molecular complexity index is 541. The molecule has 2 rings (SSSR count). The fourth-order valence-corrected chi connectivity index (χ4v) is 2.06. The van der Waals surface area contributed by atoms with E-state index in [0.717, 1.165) is 29.9 Å². The number of anilines is 1. The minimum atomic E-state index is 0.541. The van der Waals surface area contributed by atoms with E-state index in [1.165, 1.54) is 0 Å². The molecule has 0 unspecified atom stereocenters. The van der Waals surface area contributed by atoms with E-state index in [1.54, 1.807) is 12.3 Å². The van der Waals surface area contributed by atoms with Crippen molar-refractivity contribution in [1.82, 2.24) is 4.98 Å². The van der Waals surface area contributed by atoms with Crippen molar-refractivity contribution in [2.75, 3.05) is 11.9 Å². The second-order valence-corrected chi connectivity index (χ2v) is 4.74. The van der Waals surface area contributed by atoms with Crippen LogP contribution >= 0.6 is 23.2 Å². The van der Waals surface area contributed by atoms with E-state index < -0.39 is 0 Å². The van der Waals surface area contributed by atoms with Crippen molar-refractivity contribution in [2.24, 2.45) is 0 Å². The van der Waals surface area contributed by atoms with Gasteiger partial charge < -0.3 is 5.32 Å². The van der Waals surface area contributed by atoms with Crippen molar-refractivity contribution in [3.63, 3.8) is 0 Å². The lowest BCUT2D eigenvalue weighted by Crippen LogP contribution is -2.00. The van der Waals surface area contributed by atoms with E-state index in [-0.39, 0.29) is 0 Å². The van der Waals surface area contributed by atoms with Crippen LogP contribution in [-0.4, -0.2) is 11.5 Å². The van der Waals surface area contributed by atoms with Crippen LogP contribution in [0.15, 0.2) is 36.5 Å². The number of hydrogen-bond acceptors (Lipinski definition) is 2. The van der Waals surface area contributed by atoms with E-state index in [0.29, 0.717) is 10.0 Å². The summed E-state index contributed by atoms with van der Waals surface area (Å²) in [5.41, 5.74) is 2.71. The van der Waals surface area contributed by atoms with E-state index in [9.17, 15) is 0 Å². The number of rotatable bonds is 4. The first-order valence-electron chi connectivity index (χ1n) is 5.86. The summed E-state index contributed by atoms with van der Waals surface area (Å²) in [7, 11) is 0. The summed E-state index contributed by atoms with van der Waals surface area (Å²) in [6, 6.07) is 9.48. The fourth-order valence-electron chi connectivity index (χ4n) is 1.66. The molecule has 0 amide bonds. The molecule has 18 heavy (non-hydrogen) atoms. The lowest BCUT2D eigenvalue weighted by molar-refractivity contribution is 0.979. The van der Waals surface area contributed by atoms with Gasteiger partial charge in [0.25, 0.3) is 0 Å². The van der Waals surface area contributed by atoms with E-state index in [4.69, 9.17) is 23.2 Å². The zero-order valence-electron chi connectivity index (χ0n) is 10.1. The van der Waals surface area contributed by atoms with Gasteiger partial charge in [0, 0.05) is 24.0 Å². The molecular formula is C14H14Cl2N2. The average Bonchev–Trinajstić information content (AvgIpc) is 2.40. The Morgan fingerprint density at radius 2 is 2.06 bits per heavy atom. The average molecular weight is 281 g/mol. The molecule has 2 aromatic rings. The third kappa shape index (κ3) is 2.95. The van der Waals surface area contributed by atoms with Gasteiger partial charge in [-0.25, -0.2) is 0 Å². The minimum Gasteiger partial charge on any atom is -0.385 e. The minimum absolute atomic E-state index is 0.541. The standard InChI is InChI=1S/C14H14Cl2N2/c1-2-7-17-10-6-8-18-13(9-10)11-4-3-5-12(15)14(11)16/h3-6,8-9H,2,7H2,1H3,(H,17,18). The van der Waals surface area contributed by atoms with Crippen molar-refractivity contribution in [3.8, 4) is 11.3 Å². The molecule has 94 valence electrons. The van der Waals surface area contributed by atoms with Gasteiger partial charge in [0.05, 0.1) is 15.7 Å². The topological polar surface area (TPSA) is 24.9 Å². The van der Waals surface area contributed by atoms with Crippen molar-refractivity contribution >= 4 is 28.9 Å². The van der Waals surface area contributed by atoms with E-state index in [1.807, 2.05) is 24.3 Å². The van der Waals surface area contributed by atoms with Crippen molar-refractivity contribution in [1.29, 1.82) is 0 Å². The van der Waals surface area contributed by atoms with Gasteiger partial charge in [-0.1, -0.05) is 42.3 Å². The third-order valence-corrected chi connectivity index (χ3v) is 3.39. The predicted molar refractivity (Wildman–Crippen MR) is 78.5 cm³/mol. The van der Waals surface area contributed by atoms with Crippen LogP contribution in [0.5, 0.6) is 0 Å². The number of nitrogens with zero attached hydrogens (tertiary/aromatic N) is 1. The number of benzene rings is 1. The molecule has 1 heterocycles. The van der Waals surface area contributed by atoms with Gasteiger partial charge in [0.15, 0.2) is 0 Å². The number of hydrogen-bond donors (Lipinski definition) is 1. The third-order valence-electron chi connectivity index (χ3n) is 2.57. The summed E-state index contributed by atoms with van der Waals surface area (Å²) in [6.07, 6.45) is 2.85. The first-order chi connectivity index (χ1) is 8.72. The van der Waals surface area contributed by atoms with Gasteiger partial charge in [0.1, 0.15) is 0 Å². The van der Waals surface area contributed by atoms with E-state index >= 15 is 0 Å². The molecule has 0 aliphatic rings. The number of nitrogens with one attached hydrogen (secondary N) is 1. The second-order valence-electron chi connectivity index (χ2n) is 3.96. The number of halogens is 2. The quantitative estimate of drug-likeness (QED) is 0.864. The van der Waals surface area contributed by atoms with Crippen LogP contribution < -0.4 is 5.32 Å². The molecule has 0 saturated carbocycles. The van der Waals surface area contributed by atoms with Gasteiger partial charge in [-0.05, 0) is 24.6 Å². The Labute approximate surface area is 117 Å². The summed E-state index contributed by atoms with van der Waals surface area (Å²) in [5.74, 6) is 0. The highest BCUT2D eigenvalue weighted by molar-refractivity contribution is 6.43. The maximum absolute atomic E-state index is 6.19. The van der Waals surface area contributed by atoms with Crippen molar-refractivity contribution in [2.45, 2.75) is 13.3 Å². The molecule has 1 N–H and O–H groups in total. The predicted octanol–water partition coefficient (Wildman–Crippen LogP) is 4.88. The Morgan fingerprint density at radius 1 is 1.22 bits per heavy atom. The summed E-state index contributed by atoms with van der Waals surface area (Å²) in [5, 5.41) is 4.41. The normalized spacial score (nSPS) is 10.4. The summed E-state index contributed by atoms with van der Waals surface area (Å²) in [6.45, 7) is 3.07. The molecule has 0 radical (unpaired) electrons. The summed E-state index contributed by atoms with van der Waals surface area (Å²) >= 11 is 12.2.